The summed E-state index contributed by atoms with van der Waals surface area (Å²) < 4.78 is 5.23. The Balaban J connectivity index is 2.11. The van der Waals surface area contributed by atoms with Crippen molar-refractivity contribution in [1.29, 1.82) is 0 Å². The summed E-state index contributed by atoms with van der Waals surface area (Å²) in [4.78, 5) is 11.6. The van der Waals surface area contributed by atoms with Crippen LogP contribution in [0, 0.1) is 11.8 Å². The molecule has 1 heterocycles. The molecule has 20 heavy (non-hydrogen) atoms. The van der Waals surface area contributed by atoms with Crippen LogP contribution in [0.1, 0.15) is 39.0 Å². The molecule has 4 heteroatoms. The van der Waals surface area contributed by atoms with Crippen LogP contribution < -0.4 is 0 Å². The van der Waals surface area contributed by atoms with Crippen molar-refractivity contribution < 1.29 is 19.7 Å². The SMILES string of the molecule is C[C@@H]1CCC/C=C\[C@H]2C[C@H](O)C[C@@H]2[C@H](O)/C=C/C(=O)O1. The Morgan fingerprint density at radius 3 is 2.85 bits per heavy atom. The summed E-state index contributed by atoms with van der Waals surface area (Å²) >= 11 is 0. The van der Waals surface area contributed by atoms with Gasteiger partial charge in [0.2, 0.25) is 0 Å². The number of rotatable bonds is 0. The van der Waals surface area contributed by atoms with Crippen molar-refractivity contribution in [2.45, 2.75) is 57.3 Å². The second kappa shape index (κ2) is 7.04. The van der Waals surface area contributed by atoms with E-state index in [-0.39, 0.29) is 24.0 Å². The predicted molar refractivity (Wildman–Crippen MR) is 75.9 cm³/mol. The van der Waals surface area contributed by atoms with Gasteiger partial charge in [-0.15, -0.1) is 0 Å². The lowest BCUT2D eigenvalue weighted by molar-refractivity contribution is -0.142. The zero-order chi connectivity index (χ0) is 14.5. The summed E-state index contributed by atoms with van der Waals surface area (Å²) in [6.45, 7) is 1.89. The van der Waals surface area contributed by atoms with E-state index in [4.69, 9.17) is 4.74 Å². The Labute approximate surface area is 120 Å². The minimum atomic E-state index is -0.717. The molecule has 1 aliphatic carbocycles. The van der Waals surface area contributed by atoms with Gasteiger partial charge in [0.1, 0.15) is 0 Å². The quantitative estimate of drug-likeness (QED) is 0.526. The van der Waals surface area contributed by atoms with Crippen LogP contribution in [-0.2, 0) is 9.53 Å². The summed E-state index contributed by atoms with van der Waals surface area (Å²) in [6.07, 6.45) is 9.87. The second-order valence-electron chi connectivity index (χ2n) is 5.91. The van der Waals surface area contributed by atoms with Crippen molar-refractivity contribution >= 4 is 5.97 Å². The highest BCUT2D eigenvalue weighted by molar-refractivity contribution is 5.82. The number of carbonyl (C=O) groups excluding carboxylic acids is 1. The first-order chi connectivity index (χ1) is 9.56. The Morgan fingerprint density at radius 1 is 1.25 bits per heavy atom. The van der Waals surface area contributed by atoms with E-state index in [0.29, 0.717) is 12.8 Å². The van der Waals surface area contributed by atoms with Gasteiger partial charge in [0.15, 0.2) is 0 Å². The first kappa shape index (κ1) is 15.3. The minimum Gasteiger partial charge on any atom is -0.460 e. The van der Waals surface area contributed by atoms with E-state index in [1.807, 2.05) is 6.92 Å². The largest absolute Gasteiger partial charge is 0.460 e. The number of aliphatic hydroxyl groups excluding tert-OH is 2. The first-order valence-corrected chi connectivity index (χ1v) is 7.48. The summed E-state index contributed by atoms with van der Waals surface area (Å²) in [5.41, 5.74) is 0. The molecule has 0 bridgehead atoms. The van der Waals surface area contributed by atoms with Crippen molar-refractivity contribution in [3.05, 3.63) is 24.3 Å². The molecule has 0 unspecified atom stereocenters. The molecular weight excluding hydrogens is 256 g/mol. The highest BCUT2D eigenvalue weighted by atomic mass is 16.5. The number of esters is 1. The van der Waals surface area contributed by atoms with Gasteiger partial charge in [-0.3, -0.25) is 0 Å². The van der Waals surface area contributed by atoms with Crippen molar-refractivity contribution in [2.24, 2.45) is 11.8 Å². The lowest BCUT2D eigenvalue weighted by Crippen LogP contribution is -2.21. The van der Waals surface area contributed by atoms with Crippen molar-refractivity contribution in [3.63, 3.8) is 0 Å². The Kier molecular flexibility index (Phi) is 5.38. The summed E-state index contributed by atoms with van der Waals surface area (Å²) in [5, 5.41) is 20.0. The Bertz CT molecular complexity index is 388. The number of aliphatic hydroxyl groups is 2. The molecule has 0 spiro atoms. The Hall–Kier alpha value is -1.13. The van der Waals surface area contributed by atoms with Crippen LogP contribution in [-0.4, -0.2) is 34.5 Å². The van der Waals surface area contributed by atoms with E-state index in [1.165, 1.54) is 12.2 Å². The summed E-state index contributed by atoms with van der Waals surface area (Å²) in [7, 11) is 0. The van der Waals surface area contributed by atoms with Gasteiger partial charge in [-0.05, 0) is 56.9 Å². The Morgan fingerprint density at radius 2 is 2.05 bits per heavy atom. The molecule has 4 nitrogen and oxygen atoms in total. The zero-order valence-corrected chi connectivity index (χ0v) is 11.9. The van der Waals surface area contributed by atoms with E-state index in [9.17, 15) is 15.0 Å². The standard InChI is InChI=1S/C16H24O4/c1-11-5-3-2-4-6-12-9-13(17)10-14(12)15(18)7-8-16(19)20-11/h4,6-8,11-15,17-18H,2-3,5,9-10H2,1H3/b6-4-,8-7+/t11-,12+,13+,14+,15-/m1/s1. The minimum absolute atomic E-state index is 0.0246. The number of fused-ring (bicyclic) bond motifs is 1. The van der Waals surface area contributed by atoms with Crippen LogP contribution in [0.5, 0.6) is 0 Å². The van der Waals surface area contributed by atoms with Crippen molar-refractivity contribution in [1.82, 2.24) is 0 Å². The molecule has 0 radical (unpaired) electrons. The molecule has 5 atom stereocenters. The van der Waals surface area contributed by atoms with Gasteiger partial charge in [-0.25, -0.2) is 4.79 Å². The molecule has 0 aromatic heterocycles. The van der Waals surface area contributed by atoms with Gasteiger partial charge in [-0.1, -0.05) is 12.2 Å². The van der Waals surface area contributed by atoms with E-state index in [1.54, 1.807) is 0 Å². The molecule has 1 saturated carbocycles. The number of allylic oxidation sites excluding steroid dienone is 2. The van der Waals surface area contributed by atoms with Crippen LogP contribution in [0.2, 0.25) is 0 Å². The molecule has 1 fully saturated rings. The molecule has 112 valence electrons. The van der Waals surface area contributed by atoms with Gasteiger partial charge in [0.25, 0.3) is 0 Å². The van der Waals surface area contributed by atoms with Crippen LogP contribution in [0.3, 0.4) is 0 Å². The highest BCUT2D eigenvalue weighted by Gasteiger charge is 2.35. The third-order valence-electron chi connectivity index (χ3n) is 4.19. The third kappa shape index (κ3) is 4.18. The van der Waals surface area contributed by atoms with Gasteiger partial charge in [0.05, 0.1) is 18.3 Å². The lowest BCUT2D eigenvalue weighted by Gasteiger charge is -2.19. The maximum absolute atomic E-state index is 11.6. The fourth-order valence-electron chi connectivity index (χ4n) is 3.10. The van der Waals surface area contributed by atoms with E-state index in [0.717, 1.165) is 19.3 Å². The molecule has 2 aliphatic rings. The van der Waals surface area contributed by atoms with Crippen LogP contribution in [0.15, 0.2) is 24.3 Å². The van der Waals surface area contributed by atoms with Crippen LogP contribution in [0.4, 0.5) is 0 Å². The van der Waals surface area contributed by atoms with Crippen LogP contribution >= 0.6 is 0 Å². The number of ether oxygens (including phenoxy) is 1. The average Bonchev–Trinajstić information content (AvgIpc) is 2.76. The summed E-state index contributed by atoms with van der Waals surface area (Å²) in [6, 6.07) is 0. The third-order valence-corrected chi connectivity index (χ3v) is 4.19. The maximum Gasteiger partial charge on any atom is 0.330 e. The number of cyclic esters (lactones) is 1. The first-order valence-electron chi connectivity index (χ1n) is 7.48. The monoisotopic (exact) mass is 280 g/mol. The number of carbonyl (C=O) groups is 1. The molecule has 0 amide bonds. The molecule has 2 N–H and O–H groups in total. The fraction of sp³-hybridized carbons (Fsp3) is 0.688. The van der Waals surface area contributed by atoms with Gasteiger partial charge < -0.3 is 14.9 Å². The number of hydrogen-bond donors (Lipinski definition) is 2. The number of hydrogen-bond acceptors (Lipinski definition) is 4. The fourth-order valence-corrected chi connectivity index (χ4v) is 3.10. The average molecular weight is 280 g/mol. The van der Waals surface area contributed by atoms with E-state index < -0.39 is 12.1 Å². The van der Waals surface area contributed by atoms with Crippen LogP contribution in [0.25, 0.3) is 0 Å². The molecule has 0 saturated heterocycles. The molecule has 2 rings (SSSR count). The normalized spacial score (nSPS) is 42.5. The second-order valence-corrected chi connectivity index (χ2v) is 5.91. The van der Waals surface area contributed by atoms with Gasteiger partial charge >= 0.3 is 5.97 Å². The lowest BCUT2D eigenvalue weighted by atomic mass is 9.90. The smallest absolute Gasteiger partial charge is 0.330 e. The van der Waals surface area contributed by atoms with E-state index in [2.05, 4.69) is 12.2 Å². The predicted octanol–water partition coefficient (Wildman–Crippen LogP) is 1.96. The van der Waals surface area contributed by atoms with Gasteiger partial charge in [-0.2, -0.15) is 0 Å². The highest BCUT2D eigenvalue weighted by Crippen LogP contribution is 2.36. The van der Waals surface area contributed by atoms with Gasteiger partial charge in [0, 0.05) is 6.08 Å². The molecule has 0 aromatic carbocycles. The topological polar surface area (TPSA) is 66.8 Å². The van der Waals surface area contributed by atoms with Crippen molar-refractivity contribution in [3.8, 4) is 0 Å². The van der Waals surface area contributed by atoms with Crippen molar-refractivity contribution in [2.75, 3.05) is 0 Å². The summed E-state index contributed by atoms with van der Waals surface area (Å²) in [5.74, 6) is -0.249. The maximum atomic E-state index is 11.6. The molecule has 0 aromatic rings. The molecule has 1 aliphatic heterocycles. The zero-order valence-electron chi connectivity index (χ0n) is 11.9. The molecular formula is C16H24O4. The van der Waals surface area contributed by atoms with E-state index >= 15 is 0 Å².